The molecule has 0 spiro atoms. The summed E-state index contributed by atoms with van der Waals surface area (Å²) in [4.78, 5) is 16.5. The Balaban J connectivity index is 1.62. The van der Waals surface area contributed by atoms with E-state index in [1.807, 2.05) is 0 Å². The van der Waals surface area contributed by atoms with Gasteiger partial charge in [-0.25, -0.2) is 13.5 Å². The third-order valence-electron chi connectivity index (χ3n) is 4.34. The Labute approximate surface area is 170 Å². The lowest BCUT2D eigenvalue weighted by molar-refractivity contribution is 0.102. The Hall–Kier alpha value is -4.07. The van der Waals surface area contributed by atoms with Gasteiger partial charge in [-0.2, -0.15) is 4.98 Å². The number of aromatic nitrogens is 3. The highest BCUT2D eigenvalue weighted by atomic mass is 19.1. The molecule has 4 rings (SSSR count). The van der Waals surface area contributed by atoms with Gasteiger partial charge in [0.25, 0.3) is 5.91 Å². The molecular weight excluding hydrogens is 390 g/mol. The summed E-state index contributed by atoms with van der Waals surface area (Å²) >= 11 is 0. The van der Waals surface area contributed by atoms with Gasteiger partial charge in [0, 0.05) is 11.3 Å². The first-order valence-electron chi connectivity index (χ1n) is 8.98. The lowest BCUT2D eigenvalue weighted by Crippen LogP contribution is -2.12. The van der Waals surface area contributed by atoms with Gasteiger partial charge in [-0.1, -0.05) is 18.2 Å². The molecule has 0 saturated heterocycles. The van der Waals surface area contributed by atoms with Crippen LogP contribution in [-0.4, -0.2) is 27.8 Å². The third kappa shape index (κ3) is 3.88. The van der Waals surface area contributed by atoms with Gasteiger partial charge >= 0.3 is 6.01 Å². The van der Waals surface area contributed by atoms with Crippen molar-refractivity contribution >= 4 is 11.6 Å². The van der Waals surface area contributed by atoms with Crippen LogP contribution in [0.5, 0.6) is 6.01 Å². The molecule has 0 aliphatic heterocycles. The Morgan fingerprint density at radius 2 is 1.77 bits per heavy atom. The summed E-state index contributed by atoms with van der Waals surface area (Å²) < 4.78 is 34.2. The van der Waals surface area contributed by atoms with Gasteiger partial charge in [-0.05, 0) is 54.6 Å². The van der Waals surface area contributed by atoms with Crippen molar-refractivity contribution in [2.75, 3.05) is 12.4 Å². The van der Waals surface area contributed by atoms with Crippen LogP contribution in [0.25, 0.3) is 17.1 Å². The fourth-order valence-electron chi connectivity index (χ4n) is 2.90. The van der Waals surface area contributed by atoms with Crippen LogP contribution in [0, 0.1) is 11.6 Å². The van der Waals surface area contributed by atoms with E-state index in [1.54, 1.807) is 42.5 Å². The smallest absolute Gasteiger partial charge is 0.336 e. The number of amides is 1. The SMILES string of the molecule is COc1nc(-c2ccccc2F)n(-c2ccc(NC(=O)c3cccc(F)c3)cc2)n1. The second kappa shape index (κ2) is 8.12. The summed E-state index contributed by atoms with van der Waals surface area (Å²) in [7, 11) is 1.43. The number of anilines is 1. The third-order valence-corrected chi connectivity index (χ3v) is 4.34. The molecule has 1 aromatic heterocycles. The number of nitrogens with zero attached hydrogens (tertiary/aromatic N) is 3. The van der Waals surface area contributed by atoms with E-state index in [0.29, 0.717) is 11.4 Å². The standard InChI is InChI=1S/C22H16F2N4O2/c1-30-22-26-20(18-7-2-3-8-19(18)24)28(27-22)17-11-9-16(10-12-17)25-21(29)14-5-4-6-15(23)13-14/h2-13H,1H3,(H,25,29). The van der Waals surface area contributed by atoms with Gasteiger partial charge in [0.2, 0.25) is 0 Å². The number of benzene rings is 3. The summed E-state index contributed by atoms with van der Waals surface area (Å²) in [6.07, 6.45) is 0. The number of hydrogen-bond donors (Lipinski definition) is 1. The molecule has 0 atom stereocenters. The molecule has 0 saturated carbocycles. The van der Waals surface area contributed by atoms with E-state index in [2.05, 4.69) is 15.4 Å². The second-order valence-electron chi connectivity index (χ2n) is 6.33. The molecule has 0 unspecified atom stereocenters. The van der Waals surface area contributed by atoms with Crippen LogP contribution in [0.2, 0.25) is 0 Å². The summed E-state index contributed by atoms with van der Waals surface area (Å²) in [5, 5.41) is 6.95. The molecule has 1 amide bonds. The molecule has 0 radical (unpaired) electrons. The van der Waals surface area contributed by atoms with E-state index in [4.69, 9.17) is 4.74 Å². The number of hydrogen-bond acceptors (Lipinski definition) is 4. The van der Waals surface area contributed by atoms with E-state index in [-0.39, 0.29) is 23.0 Å². The Bertz CT molecular complexity index is 1210. The minimum absolute atomic E-state index is 0.0942. The monoisotopic (exact) mass is 406 g/mol. The largest absolute Gasteiger partial charge is 0.466 e. The quantitative estimate of drug-likeness (QED) is 0.531. The highest BCUT2D eigenvalue weighted by molar-refractivity contribution is 6.04. The first-order chi connectivity index (χ1) is 14.5. The molecular formula is C22H16F2N4O2. The Morgan fingerprint density at radius 3 is 2.47 bits per heavy atom. The first kappa shape index (κ1) is 19.3. The molecule has 0 fully saturated rings. The van der Waals surface area contributed by atoms with Crippen molar-refractivity contribution in [2.45, 2.75) is 0 Å². The normalized spacial score (nSPS) is 10.6. The number of rotatable bonds is 5. The number of ether oxygens (including phenoxy) is 1. The minimum atomic E-state index is -0.487. The molecule has 1 heterocycles. The van der Waals surface area contributed by atoms with Crippen LogP contribution in [-0.2, 0) is 0 Å². The fourth-order valence-corrected chi connectivity index (χ4v) is 2.90. The maximum Gasteiger partial charge on any atom is 0.336 e. The van der Waals surface area contributed by atoms with Gasteiger partial charge in [-0.15, -0.1) is 5.10 Å². The molecule has 0 bridgehead atoms. The molecule has 3 aromatic carbocycles. The van der Waals surface area contributed by atoms with Crippen LogP contribution >= 0.6 is 0 Å². The number of carbonyl (C=O) groups is 1. The van der Waals surface area contributed by atoms with Gasteiger partial charge in [0.1, 0.15) is 11.6 Å². The van der Waals surface area contributed by atoms with E-state index in [0.717, 1.165) is 6.07 Å². The predicted molar refractivity (Wildman–Crippen MR) is 108 cm³/mol. The van der Waals surface area contributed by atoms with Crippen molar-refractivity contribution in [3.8, 4) is 23.1 Å². The van der Waals surface area contributed by atoms with E-state index in [9.17, 15) is 13.6 Å². The zero-order valence-electron chi connectivity index (χ0n) is 15.8. The second-order valence-corrected chi connectivity index (χ2v) is 6.33. The Kier molecular flexibility index (Phi) is 5.21. The number of carbonyl (C=O) groups excluding carboxylic acids is 1. The van der Waals surface area contributed by atoms with E-state index < -0.39 is 17.5 Å². The highest BCUT2D eigenvalue weighted by Gasteiger charge is 2.17. The molecule has 0 aliphatic carbocycles. The van der Waals surface area contributed by atoms with Crippen molar-refractivity contribution in [1.29, 1.82) is 0 Å². The number of nitrogens with one attached hydrogen (secondary N) is 1. The molecule has 4 aromatic rings. The molecule has 150 valence electrons. The summed E-state index contributed by atoms with van der Waals surface area (Å²) in [5.41, 5.74) is 1.58. The summed E-state index contributed by atoms with van der Waals surface area (Å²) in [6, 6.07) is 18.5. The van der Waals surface area contributed by atoms with Crippen LogP contribution in [0.15, 0.2) is 72.8 Å². The minimum Gasteiger partial charge on any atom is -0.466 e. The number of methoxy groups -OCH3 is 1. The first-order valence-corrected chi connectivity index (χ1v) is 8.98. The van der Waals surface area contributed by atoms with E-state index in [1.165, 1.54) is 36.1 Å². The number of halogens is 2. The van der Waals surface area contributed by atoms with Crippen molar-refractivity contribution in [1.82, 2.24) is 14.8 Å². The lowest BCUT2D eigenvalue weighted by atomic mass is 10.2. The molecule has 0 aliphatic rings. The maximum atomic E-state index is 14.3. The summed E-state index contributed by atoms with van der Waals surface area (Å²) in [6.45, 7) is 0. The molecule has 1 N–H and O–H groups in total. The van der Waals surface area contributed by atoms with Gasteiger partial charge in [-0.3, -0.25) is 4.79 Å². The molecule has 8 heteroatoms. The van der Waals surface area contributed by atoms with Crippen LogP contribution in [0.3, 0.4) is 0 Å². The van der Waals surface area contributed by atoms with Crippen LogP contribution < -0.4 is 10.1 Å². The van der Waals surface area contributed by atoms with Crippen molar-refractivity contribution in [3.05, 3.63) is 90.0 Å². The van der Waals surface area contributed by atoms with Crippen LogP contribution in [0.4, 0.5) is 14.5 Å². The average molecular weight is 406 g/mol. The zero-order valence-corrected chi connectivity index (χ0v) is 15.8. The molecule has 30 heavy (non-hydrogen) atoms. The predicted octanol–water partition coefficient (Wildman–Crippen LogP) is 4.47. The van der Waals surface area contributed by atoms with E-state index >= 15 is 0 Å². The maximum absolute atomic E-state index is 14.3. The van der Waals surface area contributed by atoms with Crippen LogP contribution in [0.1, 0.15) is 10.4 Å². The highest BCUT2D eigenvalue weighted by Crippen LogP contribution is 2.26. The molecule has 6 nitrogen and oxygen atoms in total. The summed E-state index contributed by atoms with van der Waals surface area (Å²) in [5.74, 6) is -1.08. The topological polar surface area (TPSA) is 69.0 Å². The van der Waals surface area contributed by atoms with Crippen molar-refractivity contribution < 1.29 is 18.3 Å². The van der Waals surface area contributed by atoms with Crippen molar-refractivity contribution in [3.63, 3.8) is 0 Å². The average Bonchev–Trinajstić information content (AvgIpc) is 3.19. The van der Waals surface area contributed by atoms with Crippen molar-refractivity contribution in [2.24, 2.45) is 0 Å². The fraction of sp³-hybridized carbons (Fsp3) is 0.0455. The van der Waals surface area contributed by atoms with Gasteiger partial charge in [0.15, 0.2) is 5.82 Å². The zero-order chi connectivity index (χ0) is 21.1. The van der Waals surface area contributed by atoms with Gasteiger partial charge in [0.05, 0.1) is 18.4 Å². The lowest BCUT2D eigenvalue weighted by Gasteiger charge is -2.09. The Morgan fingerprint density at radius 1 is 1.00 bits per heavy atom. The van der Waals surface area contributed by atoms with Gasteiger partial charge < -0.3 is 10.1 Å².